The lowest BCUT2D eigenvalue weighted by Crippen LogP contribution is -2.41. The minimum absolute atomic E-state index is 0.0229. The van der Waals surface area contributed by atoms with Crippen molar-refractivity contribution in [3.63, 3.8) is 0 Å². The zero-order valence-corrected chi connectivity index (χ0v) is 15.1. The Kier molecular flexibility index (Phi) is 5.63. The second-order valence-electron chi connectivity index (χ2n) is 5.86. The Labute approximate surface area is 156 Å². The van der Waals surface area contributed by atoms with Gasteiger partial charge < -0.3 is 19.7 Å². The van der Waals surface area contributed by atoms with Crippen LogP contribution in [0, 0.1) is 6.92 Å². The SMILES string of the molecule is Cc1ccc(OCCN2C(=O)COc3ccc(NC(=O)CCl)cc32)cc1. The van der Waals surface area contributed by atoms with Crippen LogP contribution in [0.5, 0.6) is 11.5 Å². The third-order valence-corrected chi connectivity index (χ3v) is 4.15. The maximum absolute atomic E-state index is 12.3. The Balaban J connectivity index is 1.71. The normalized spacial score (nSPS) is 13.0. The predicted octanol–water partition coefficient (Wildman–Crippen LogP) is 2.98. The monoisotopic (exact) mass is 374 g/mol. The summed E-state index contributed by atoms with van der Waals surface area (Å²) in [6.07, 6.45) is 0. The molecule has 2 aromatic carbocycles. The maximum atomic E-state index is 12.3. The van der Waals surface area contributed by atoms with E-state index in [4.69, 9.17) is 21.1 Å². The van der Waals surface area contributed by atoms with Gasteiger partial charge in [-0.2, -0.15) is 0 Å². The largest absolute Gasteiger partial charge is 0.492 e. The van der Waals surface area contributed by atoms with Gasteiger partial charge in [0.1, 0.15) is 24.0 Å². The molecule has 0 atom stereocenters. The van der Waals surface area contributed by atoms with E-state index >= 15 is 0 Å². The van der Waals surface area contributed by atoms with Crippen molar-refractivity contribution >= 4 is 34.8 Å². The summed E-state index contributed by atoms with van der Waals surface area (Å²) < 4.78 is 11.2. The van der Waals surface area contributed by atoms with E-state index in [1.54, 1.807) is 23.1 Å². The van der Waals surface area contributed by atoms with Crippen LogP contribution in [0.15, 0.2) is 42.5 Å². The Morgan fingerprint density at radius 3 is 2.77 bits per heavy atom. The number of carbonyl (C=O) groups is 2. The molecule has 0 fully saturated rings. The fourth-order valence-corrected chi connectivity index (χ4v) is 2.68. The molecule has 1 heterocycles. The molecule has 1 N–H and O–H groups in total. The van der Waals surface area contributed by atoms with Gasteiger partial charge in [0, 0.05) is 5.69 Å². The number of benzene rings is 2. The fraction of sp³-hybridized carbons (Fsp3) is 0.263. The lowest BCUT2D eigenvalue weighted by molar-refractivity contribution is -0.121. The van der Waals surface area contributed by atoms with Gasteiger partial charge in [0.2, 0.25) is 5.91 Å². The molecular weight excluding hydrogens is 356 g/mol. The third-order valence-electron chi connectivity index (χ3n) is 3.91. The van der Waals surface area contributed by atoms with E-state index in [0.717, 1.165) is 11.3 Å². The van der Waals surface area contributed by atoms with Crippen molar-refractivity contribution in [1.82, 2.24) is 0 Å². The highest BCUT2D eigenvalue weighted by atomic mass is 35.5. The minimum Gasteiger partial charge on any atom is -0.492 e. The van der Waals surface area contributed by atoms with Gasteiger partial charge in [-0.05, 0) is 37.3 Å². The van der Waals surface area contributed by atoms with Gasteiger partial charge in [-0.3, -0.25) is 9.59 Å². The number of hydrogen-bond acceptors (Lipinski definition) is 4. The summed E-state index contributed by atoms with van der Waals surface area (Å²) >= 11 is 5.52. The van der Waals surface area contributed by atoms with Gasteiger partial charge in [-0.1, -0.05) is 17.7 Å². The van der Waals surface area contributed by atoms with Gasteiger partial charge >= 0.3 is 0 Å². The zero-order chi connectivity index (χ0) is 18.5. The summed E-state index contributed by atoms with van der Waals surface area (Å²) in [6, 6.07) is 12.9. The van der Waals surface area contributed by atoms with Crippen LogP contribution in [0.1, 0.15) is 5.56 Å². The van der Waals surface area contributed by atoms with Crippen LogP contribution in [-0.2, 0) is 9.59 Å². The molecule has 0 bridgehead atoms. The van der Waals surface area contributed by atoms with Crippen molar-refractivity contribution in [2.75, 3.05) is 35.9 Å². The van der Waals surface area contributed by atoms with Gasteiger partial charge in [-0.25, -0.2) is 0 Å². The molecule has 1 aliphatic heterocycles. The van der Waals surface area contributed by atoms with E-state index in [1.165, 1.54) is 0 Å². The van der Waals surface area contributed by atoms with Crippen molar-refractivity contribution in [2.24, 2.45) is 0 Å². The topological polar surface area (TPSA) is 67.9 Å². The molecule has 0 aliphatic carbocycles. The minimum atomic E-state index is -0.316. The Hall–Kier alpha value is -2.73. The molecule has 0 radical (unpaired) electrons. The molecule has 7 heteroatoms. The molecule has 0 unspecified atom stereocenters. The standard InChI is InChI=1S/C19H19ClN2O4/c1-13-2-5-15(6-3-13)25-9-8-22-16-10-14(21-18(23)11-20)4-7-17(16)26-12-19(22)24/h2-7,10H,8-9,11-12H2,1H3,(H,21,23). The van der Waals surface area contributed by atoms with Crippen LogP contribution in [0.4, 0.5) is 11.4 Å². The number of halogens is 1. The molecular formula is C19H19ClN2O4. The molecule has 1 aliphatic rings. The smallest absolute Gasteiger partial charge is 0.265 e. The molecule has 2 aromatic rings. The summed E-state index contributed by atoms with van der Waals surface area (Å²) in [4.78, 5) is 25.3. The first-order valence-electron chi connectivity index (χ1n) is 8.19. The van der Waals surface area contributed by atoms with Crippen molar-refractivity contribution in [3.05, 3.63) is 48.0 Å². The van der Waals surface area contributed by atoms with Crippen molar-refractivity contribution in [1.29, 1.82) is 0 Å². The highest BCUT2D eigenvalue weighted by Crippen LogP contribution is 2.34. The first kappa shape index (κ1) is 18.1. The summed E-state index contributed by atoms with van der Waals surface area (Å²) in [5.41, 5.74) is 2.31. The molecule has 0 spiro atoms. The molecule has 0 saturated heterocycles. The second kappa shape index (κ2) is 8.10. The number of rotatable bonds is 6. The van der Waals surface area contributed by atoms with Crippen molar-refractivity contribution in [2.45, 2.75) is 6.92 Å². The highest BCUT2D eigenvalue weighted by molar-refractivity contribution is 6.29. The molecule has 0 aromatic heterocycles. The summed E-state index contributed by atoms with van der Waals surface area (Å²) in [5.74, 6) is 0.721. The molecule has 6 nitrogen and oxygen atoms in total. The quantitative estimate of drug-likeness (QED) is 0.789. The van der Waals surface area contributed by atoms with Gasteiger partial charge in [0.15, 0.2) is 6.61 Å². The first-order valence-corrected chi connectivity index (χ1v) is 8.73. The maximum Gasteiger partial charge on any atom is 0.265 e. The molecule has 136 valence electrons. The van der Waals surface area contributed by atoms with Crippen LogP contribution in [0.3, 0.4) is 0 Å². The van der Waals surface area contributed by atoms with Crippen LogP contribution in [0.2, 0.25) is 0 Å². The molecule has 2 amide bonds. The average Bonchev–Trinajstić information content (AvgIpc) is 2.65. The van der Waals surface area contributed by atoms with E-state index in [1.807, 2.05) is 31.2 Å². The Morgan fingerprint density at radius 2 is 2.04 bits per heavy atom. The van der Waals surface area contributed by atoms with Crippen LogP contribution in [-0.4, -0.2) is 37.5 Å². The second-order valence-corrected chi connectivity index (χ2v) is 6.13. The first-order chi connectivity index (χ1) is 12.6. The Bertz CT molecular complexity index is 808. The van der Waals surface area contributed by atoms with Crippen molar-refractivity contribution < 1.29 is 19.1 Å². The third kappa shape index (κ3) is 4.26. The molecule has 3 rings (SSSR count). The van der Waals surface area contributed by atoms with Crippen molar-refractivity contribution in [3.8, 4) is 11.5 Å². The van der Waals surface area contributed by atoms with E-state index in [-0.39, 0.29) is 24.3 Å². The van der Waals surface area contributed by atoms with E-state index in [2.05, 4.69) is 5.32 Å². The number of anilines is 2. The number of ether oxygens (including phenoxy) is 2. The van der Waals surface area contributed by atoms with E-state index in [9.17, 15) is 9.59 Å². The van der Waals surface area contributed by atoms with Gasteiger partial charge in [-0.15, -0.1) is 11.6 Å². The zero-order valence-electron chi connectivity index (χ0n) is 14.3. The number of nitrogens with one attached hydrogen (secondary N) is 1. The van der Waals surface area contributed by atoms with Gasteiger partial charge in [0.05, 0.1) is 12.2 Å². The number of carbonyl (C=O) groups excluding carboxylic acids is 2. The number of fused-ring (bicyclic) bond motifs is 1. The summed E-state index contributed by atoms with van der Waals surface area (Å²) in [6.45, 7) is 2.70. The predicted molar refractivity (Wildman–Crippen MR) is 100 cm³/mol. The number of amides is 2. The Morgan fingerprint density at radius 1 is 1.27 bits per heavy atom. The number of aryl methyl sites for hydroxylation is 1. The summed E-state index contributed by atoms with van der Waals surface area (Å²) in [5, 5.41) is 2.67. The van der Waals surface area contributed by atoms with Crippen LogP contribution >= 0.6 is 11.6 Å². The molecule has 26 heavy (non-hydrogen) atoms. The number of alkyl halides is 1. The number of hydrogen-bond donors (Lipinski definition) is 1. The lowest BCUT2D eigenvalue weighted by atomic mass is 10.2. The van der Waals surface area contributed by atoms with Crippen LogP contribution in [0.25, 0.3) is 0 Å². The lowest BCUT2D eigenvalue weighted by Gasteiger charge is -2.29. The summed E-state index contributed by atoms with van der Waals surface area (Å²) in [7, 11) is 0. The number of nitrogens with zero attached hydrogens (tertiary/aromatic N) is 1. The molecule has 0 saturated carbocycles. The van der Waals surface area contributed by atoms with E-state index < -0.39 is 0 Å². The van der Waals surface area contributed by atoms with Gasteiger partial charge in [0.25, 0.3) is 5.91 Å². The fourth-order valence-electron chi connectivity index (χ4n) is 2.61. The highest BCUT2D eigenvalue weighted by Gasteiger charge is 2.26. The van der Waals surface area contributed by atoms with Crippen LogP contribution < -0.4 is 19.7 Å². The van der Waals surface area contributed by atoms with E-state index in [0.29, 0.717) is 30.3 Å². The average molecular weight is 375 g/mol.